The van der Waals surface area contributed by atoms with Crippen LogP contribution < -0.4 is 5.73 Å². The van der Waals surface area contributed by atoms with Crippen LogP contribution in [0.15, 0.2) is 79.1 Å². The fraction of sp³-hybridized carbons (Fsp3) is 0.129. The maximum atomic E-state index is 14.2. The maximum absolute atomic E-state index is 14.2. The lowest BCUT2D eigenvalue weighted by Gasteiger charge is -2.20. The number of halogens is 4. The van der Waals surface area contributed by atoms with E-state index in [2.05, 4.69) is 9.97 Å². The zero-order chi connectivity index (χ0) is 28.4. The number of nitrogens with zero attached hydrogens (tertiary/aromatic N) is 1. The summed E-state index contributed by atoms with van der Waals surface area (Å²) in [5.41, 5.74) is 8.01. The second-order valence-corrected chi connectivity index (χ2v) is 9.60. The molecule has 5 rings (SSSR count). The Bertz CT molecular complexity index is 1730. The highest BCUT2D eigenvalue weighted by atomic mass is 19.1. The first kappa shape index (κ1) is 26.8. The molecule has 9 heteroatoms. The Morgan fingerprint density at radius 1 is 0.900 bits per heavy atom. The van der Waals surface area contributed by atoms with Crippen molar-refractivity contribution in [2.45, 2.75) is 25.2 Å². The number of aromatic amines is 1. The third kappa shape index (κ3) is 5.78. The Morgan fingerprint density at radius 2 is 1.68 bits per heavy atom. The van der Waals surface area contributed by atoms with Crippen LogP contribution in [0, 0.1) is 23.3 Å². The fourth-order valence-corrected chi connectivity index (χ4v) is 5.00. The number of nitrogens with two attached hydrogens (primary N) is 1. The lowest BCUT2D eigenvalue weighted by Crippen LogP contribution is -2.15. The molecule has 5 aromatic rings. The van der Waals surface area contributed by atoms with E-state index in [0.717, 1.165) is 12.1 Å². The fourth-order valence-electron chi connectivity index (χ4n) is 5.00. The number of carbonyl (C=O) groups is 2. The van der Waals surface area contributed by atoms with Gasteiger partial charge in [0.1, 0.15) is 29.1 Å². The number of hydrogen-bond donors (Lipinski definition) is 2. The number of aromatic nitrogens is 2. The summed E-state index contributed by atoms with van der Waals surface area (Å²) in [7, 11) is 0. The molecule has 0 spiro atoms. The van der Waals surface area contributed by atoms with Gasteiger partial charge in [-0.2, -0.15) is 0 Å². The van der Waals surface area contributed by atoms with E-state index >= 15 is 0 Å². The largest absolute Gasteiger partial charge is 0.366 e. The summed E-state index contributed by atoms with van der Waals surface area (Å²) in [4.78, 5) is 32.7. The van der Waals surface area contributed by atoms with Gasteiger partial charge in [-0.05, 0) is 71.6 Å². The smallest absolute Gasteiger partial charge is 0.251 e. The van der Waals surface area contributed by atoms with Crippen molar-refractivity contribution in [2.24, 2.45) is 5.73 Å². The lowest BCUT2D eigenvalue weighted by atomic mass is 9.85. The number of carbonyl (C=O) groups excluding carboxylic acids is 2. The van der Waals surface area contributed by atoms with Crippen LogP contribution in [0.25, 0.3) is 22.0 Å². The topological polar surface area (TPSA) is 88.8 Å². The standard InChI is InChI=1S/C31H23F4N3O2/c32-21-4-6-29-26(15-21)20(16-38-29)12-24(39)11-19(8-17-9-22(33)14-23(34)10-17)30-25(2-1-7-37-30)18-3-5-28(35)27(13-18)31(36)40/h1-7,9-10,13-16,19,38H,8,11-12H2,(H2,36,40)/t19-/m1/s1. The summed E-state index contributed by atoms with van der Waals surface area (Å²) < 4.78 is 56.1. The van der Waals surface area contributed by atoms with Gasteiger partial charge in [-0.1, -0.05) is 12.1 Å². The van der Waals surface area contributed by atoms with Crippen molar-refractivity contribution in [3.63, 3.8) is 0 Å². The molecule has 0 radical (unpaired) electrons. The van der Waals surface area contributed by atoms with Gasteiger partial charge in [-0.15, -0.1) is 0 Å². The van der Waals surface area contributed by atoms with Crippen molar-refractivity contribution < 1.29 is 27.2 Å². The van der Waals surface area contributed by atoms with Crippen molar-refractivity contribution in [2.75, 3.05) is 0 Å². The average Bonchev–Trinajstić information content (AvgIpc) is 3.29. The summed E-state index contributed by atoms with van der Waals surface area (Å²) in [5, 5.41) is 0.584. The SMILES string of the molecule is NC(=O)c1cc(-c2cccnc2[C@@H](CC(=O)Cc2c[nH]c3ccc(F)cc23)Cc2cc(F)cc(F)c2)ccc1F. The van der Waals surface area contributed by atoms with E-state index in [9.17, 15) is 27.2 Å². The highest BCUT2D eigenvalue weighted by Crippen LogP contribution is 2.34. The summed E-state index contributed by atoms with van der Waals surface area (Å²) in [6, 6.07) is 14.6. The zero-order valence-electron chi connectivity index (χ0n) is 21.1. The number of nitrogens with one attached hydrogen (secondary N) is 1. The second-order valence-electron chi connectivity index (χ2n) is 9.60. The van der Waals surface area contributed by atoms with E-state index in [1.165, 1.54) is 42.6 Å². The first-order valence-electron chi connectivity index (χ1n) is 12.4. The maximum Gasteiger partial charge on any atom is 0.251 e. The number of rotatable bonds is 9. The average molecular weight is 546 g/mol. The van der Waals surface area contributed by atoms with Crippen LogP contribution in [0.5, 0.6) is 0 Å². The normalized spacial score (nSPS) is 12.0. The molecule has 0 fully saturated rings. The molecule has 0 aliphatic carbocycles. The van der Waals surface area contributed by atoms with Crippen molar-refractivity contribution in [1.29, 1.82) is 0 Å². The predicted molar refractivity (Wildman–Crippen MR) is 143 cm³/mol. The number of Topliss-reactive ketones (excluding diaryl/α,β-unsaturated/α-hetero) is 1. The minimum atomic E-state index is -0.943. The molecule has 2 aromatic heterocycles. The monoisotopic (exact) mass is 545 g/mol. The van der Waals surface area contributed by atoms with Crippen LogP contribution in [0.3, 0.4) is 0 Å². The number of H-pyrrole nitrogens is 1. The number of primary amides is 1. The van der Waals surface area contributed by atoms with E-state index < -0.39 is 35.1 Å². The van der Waals surface area contributed by atoms with Crippen LogP contribution in [0.1, 0.15) is 39.5 Å². The third-order valence-corrected chi connectivity index (χ3v) is 6.76. The minimum Gasteiger partial charge on any atom is -0.366 e. The molecule has 0 saturated heterocycles. The van der Waals surface area contributed by atoms with E-state index in [1.54, 1.807) is 24.4 Å². The second kappa shape index (κ2) is 11.1. The van der Waals surface area contributed by atoms with Gasteiger partial charge in [0.15, 0.2) is 0 Å². The van der Waals surface area contributed by atoms with Crippen molar-refractivity contribution >= 4 is 22.6 Å². The molecule has 2 heterocycles. The molecule has 5 nitrogen and oxygen atoms in total. The Hall–Kier alpha value is -4.79. The molecule has 1 amide bonds. The highest BCUT2D eigenvalue weighted by molar-refractivity contribution is 5.94. The van der Waals surface area contributed by atoms with Gasteiger partial charge in [-0.25, -0.2) is 17.6 Å². The molecule has 0 unspecified atom stereocenters. The first-order valence-corrected chi connectivity index (χ1v) is 12.4. The number of benzene rings is 3. The first-order chi connectivity index (χ1) is 19.2. The van der Waals surface area contributed by atoms with Crippen molar-refractivity contribution in [1.82, 2.24) is 9.97 Å². The minimum absolute atomic E-state index is 0.0119. The van der Waals surface area contributed by atoms with Crippen LogP contribution >= 0.6 is 0 Å². The van der Waals surface area contributed by atoms with E-state index in [0.29, 0.717) is 38.9 Å². The number of fused-ring (bicyclic) bond motifs is 1. The number of amides is 1. The molecule has 0 aliphatic rings. The molecule has 0 saturated carbocycles. The molecule has 0 bridgehead atoms. The van der Waals surface area contributed by atoms with E-state index in [4.69, 9.17) is 5.73 Å². The van der Waals surface area contributed by atoms with Gasteiger partial charge < -0.3 is 10.7 Å². The van der Waals surface area contributed by atoms with Gasteiger partial charge in [-0.3, -0.25) is 14.6 Å². The molecular formula is C31H23F4N3O2. The van der Waals surface area contributed by atoms with E-state index in [1.807, 2.05) is 0 Å². The van der Waals surface area contributed by atoms with Gasteiger partial charge in [0.25, 0.3) is 5.91 Å². The van der Waals surface area contributed by atoms with Gasteiger partial charge in [0.2, 0.25) is 0 Å². The van der Waals surface area contributed by atoms with Gasteiger partial charge in [0.05, 0.1) is 11.3 Å². The summed E-state index contributed by atoms with van der Waals surface area (Å²) in [6.07, 6.45) is 3.16. The van der Waals surface area contributed by atoms with Crippen LogP contribution in [0.2, 0.25) is 0 Å². The van der Waals surface area contributed by atoms with Gasteiger partial charge in [0, 0.05) is 53.7 Å². The molecule has 1 atom stereocenters. The quantitative estimate of drug-likeness (QED) is 0.210. The van der Waals surface area contributed by atoms with Crippen LogP contribution in [-0.2, 0) is 17.6 Å². The lowest BCUT2D eigenvalue weighted by molar-refractivity contribution is -0.118. The Morgan fingerprint density at radius 3 is 2.42 bits per heavy atom. The number of pyridine rings is 1. The molecule has 3 N–H and O–H groups in total. The van der Waals surface area contributed by atoms with Gasteiger partial charge >= 0.3 is 0 Å². The van der Waals surface area contributed by atoms with Crippen molar-refractivity contribution in [3.8, 4) is 11.1 Å². The highest BCUT2D eigenvalue weighted by Gasteiger charge is 2.24. The Balaban J connectivity index is 1.53. The molecule has 3 aromatic carbocycles. The predicted octanol–water partition coefficient (Wildman–Crippen LogP) is 6.41. The molecule has 0 aliphatic heterocycles. The third-order valence-electron chi connectivity index (χ3n) is 6.76. The zero-order valence-corrected chi connectivity index (χ0v) is 21.1. The Kier molecular flexibility index (Phi) is 7.46. The molecular weight excluding hydrogens is 522 g/mol. The number of hydrogen-bond acceptors (Lipinski definition) is 3. The summed E-state index contributed by atoms with van der Waals surface area (Å²) in [6.45, 7) is 0. The summed E-state index contributed by atoms with van der Waals surface area (Å²) in [5.74, 6) is -4.52. The van der Waals surface area contributed by atoms with Crippen molar-refractivity contribution in [3.05, 3.63) is 125 Å². The molecule has 202 valence electrons. The molecule has 40 heavy (non-hydrogen) atoms. The van der Waals surface area contributed by atoms with E-state index in [-0.39, 0.29) is 30.6 Å². The van der Waals surface area contributed by atoms with Crippen LogP contribution in [-0.4, -0.2) is 21.7 Å². The number of ketones is 1. The van der Waals surface area contributed by atoms with Crippen LogP contribution in [0.4, 0.5) is 17.6 Å². The summed E-state index contributed by atoms with van der Waals surface area (Å²) >= 11 is 0. The Labute approximate surface area is 226 Å².